The van der Waals surface area contributed by atoms with Gasteiger partial charge >= 0.3 is 5.97 Å². The van der Waals surface area contributed by atoms with Crippen LogP contribution in [0.1, 0.15) is 65.2 Å². The minimum absolute atomic E-state index is 0.00507. The van der Waals surface area contributed by atoms with Crippen LogP contribution in [0.2, 0.25) is 0 Å². The lowest BCUT2D eigenvalue weighted by Gasteiger charge is -2.58. The van der Waals surface area contributed by atoms with E-state index >= 15 is 0 Å². The monoisotopic (exact) mass is 355 g/mol. The van der Waals surface area contributed by atoms with Crippen LogP contribution in [0.15, 0.2) is 11.6 Å². The van der Waals surface area contributed by atoms with E-state index in [-0.39, 0.29) is 22.7 Å². The smallest absolute Gasteiger partial charge is 0.302 e. The zero-order valence-electron chi connectivity index (χ0n) is 15.9. The number of nitriles is 1. The van der Waals surface area contributed by atoms with E-state index in [1.54, 1.807) is 0 Å². The summed E-state index contributed by atoms with van der Waals surface area (Å²) in [6, 6.07) is 2.55. The summed E-state index contributed by atoms with van der Waals surface area (Å²) in [5.74, 6) is 1.72. The van der Waals surface area contributed by atoms with Crippen LogP contribution >= 0.6 is 0 Å². The summed E-state index contributed by atoms with van der Waals surface area (Å²) in [6.07, 6.45) is 9.79. The number of nitrogens with zero attached hydrogens (tertiary/aromatic N) is 1. The fourth-order valence-electron chi connectivity index (χ4n) is 7.08. The molecule has 3 saturated carbocycles. The third-order valence-electron chi connectivity index (χ3n) is 8.38. The second-order valence-corrected chi connectivity index (χ2v) is 9.28. The molecular weight excluding hydrogens is 326 g/mol. The van der Waals surface area contributed by atoms with E-state index in [0.29, 0.717) is 36.6 Å². The summed E-state index contributed by atoms with van der Waals surface area (Å²) >= 11 is 0. The van der Waals surface area contributed by atoms with Crippen LogP contribution in [0.25, 0.3) is 0 Å². The molecule has 0 N–H and O–H groups in total. The molecule has 0 bridgehead atoms. The van der Waals surface area contributed by atoms with E-state index in [1.807, 2.05) is 6.08 Å². The first-order valence-electron chi connectivity index (χ1n) is 10.2. The van der Waals surface area contributed by atoms with Crippen molar-refractivity contribution in [2.45, 2.75) is 65.2 Å². The van der Waals surface area contributed by atoms with E-state index in [9.17, 15) is 14.9 Å². The number of rotatable bonds is 2. The highest BCUT2D eigenvalue weighted by Gasteiger charge is 2.61. The number of ketones is 1. The lowest BCUT2D eigenvalue weighted by atomic mass is 9.46. The van der Waals surface area contributed by atoms with Crippen molar-refractivity contribution in [2.24, 2.45) is 34.5 Å². The minimum atomic E-state index is -0.240. The Hall–Kier alpha value is -1.63. The van der Waals surface area contributed by atoms with Crippen LogP contribution in [0, 0.1) is 45.8 Å². The maximum Gasteiger partial charge on any atom is 0.302 e. The number of carbonyl (C=O) groups is 2. The molecule has 4 rings (SSSR count). The van der Waals surface area contributed by atoms with Gasteiger partial charge in [-0.15, -0.1) is 0 Å². The molecule has 4 nitrogen and oxygen atoms in total. The topological polar surface area (TPSA) is 67.2 Å². The predicted octanol–water partition coefficient (Wildman–Crippen LogP) is 4.20. The normalized spacial score (nSPS) is 44.2. The van der Waals surface area contributed by atoms with Gasteiger partial charge in [0, 0.05) is 18.8 Å². The van der Waals surface area contributed by atoms with Crippen molar-refractivity contribution in [1.82, 2.24) is 0 Å². The first-order chi connectivity index (χ1) is 12.4. The van der Waals surface area contributed by atoms with E-state index < -0.39 is 0 Å². The highest BCUT2D eigenvalue weighted by Crippen LogP contribution is 2.66. The number of allylic oxidation sites excluding steroid dienone is 1. The molecule has 4 aliphatic carbocycles. The third-order valence-corrected chi connectivity index (χ3v) is 8.38. The minimum Gasteiger partial charge on any atom is -0.465 e. The van der Waals surface area contributed by atoms with Gasteiger partial charge in [0.25, 0.3) is 0 Å². The second kappa shape index (κ2) is 6.22. The van der Waals surface area contributed by atoms with Crippen LogP contribution in [0.4, 0.5) is 0 Å². The Morgan fingerprint density at radius 1 is 1.23 bits per heavy atom. The van der Waals surface area contributed by atoms with Gasteiger partial charge in [0.1, 0.15) is 0 Å². The molecular formula is C22H29NO3. The Labute approximate surface area is 156 Å². The van der Waals surface area contributed by atoms with Crippen molar-refractivity contribution >= 4 is 11.8 Å². The molecule has 6 atom stereocenters. The van der Waals surface area contributed by atoms with Crippen molar-refractivity contribution in [3.05, 3.63) is 11.6 Å². The molecule has 26 heavy (non-hydrogen) atoms. The molecule has 0 heterocycles. The fourth-order valence-corrected chi connectivity index (χ4v) is 7.08. The number of esters is 1. The van der Waals surface area contributed by atoms with Gasteiger partial charge in [-0.3, -0.25) is 9.59 Å². The van der Waals surface area contributed by atoms with E-state index in [0.717, 1.165) is 44.9 Å². The SMILES string of the molecule is CC(=O)OC[C@]12CC[C@H]3[C@@H](CCC4=CC(=O)CC[C@@]43C)[C@@H]1CCC2C#N. The molecule has 0 spiro atoms. The van der Waals surface area contributed by atoms with Gasteiger partial charge in [-0.1, -0.05) is 12.5 Å². The van der Waals surface area contributed by atoms with Crippen LogP contribution in [0.3, 0.4) is 0 Å². The van der Waals surface area contributed by atoms with Crippen LogP contribution in [-0.4, -0.2) is 18.4 Å². The van der Waals surface area contributed by atoms with E-state index in [4.69, 9.17) is 4.74 Å². The molecule has 3 fully saturated rings. The zero-order valence-corrected chi connectivity index (χ0v) is 15.9. The lowest BCUT2D eigenvalue weighted by molar-refractivity contribution is -0.151. The van der Waals surface area contributed by atoms with Crippen LogP contribution in [-0.2, 0) is 14.3 Å². The molecule has 0 radical (unpaired) electrons. The van der Waals surface area contributed by atoms with Crippen LogP contribution < -0.4 is 0 Å². The average molecular weight is 355 g/mol. The Bertz CT molecular complexity index is 705. The molecule has 0 aromatic rings. The summed E-state index contributed by atoms with van der Waals surface area (Å²) in [7, 11) is 0. The third kappa shape index (κ3) is 2.47. The number of hydrogen-bond donors (Lipinski definition) is 0. The van der Waals surface area contributed by atoms with Crippen molar-refractivity contribution in [3.8, 4) is 6.07 Å². The highest BCUT2D eigenvalue weighted by atomic mass is 16.5. The molecule has 4 aliphatic rings. The number of carbonyl (C=O) groups excluding carboxylic acids is 2. The summed E-state index contributed by atoms with van der Waals surface area (Å²) < 4.78 is 5.50. The molecule has 0 aromatic carbocycles. The largest absolute Gasteiger partial charge is 0.465 e. The molecule has 0 saturated heterocycles. The van der Waals surface area contributed by atoms with Crippen molar-refractivity contribution in [2.75, 3.05) is 6.61 Å². The van der Waals surface area contributed by atoms with Crippen molar-refractivity contribution < 1.29 is 14.3 Å². The first-order valence-corrected chi connectivity index (χ1v) is 10.2. The molecule has 140 valence electrons. The van der Waals surface area contributed by atoms with Crippen molar-refractivity contribution in [1.29, 1.82) is 5.26 Å². The Morgan fingerprint density at radius 2 is 2.04 bits per heavy atom. The van der Waals surface area contributed by atoms with Gasteiger partial charge in [0.15, 0.2) is 5.78 Å². The summed E-state index contributed by atoms with van der Waals surface area (Å²) in [5.41, 5.74) is 1.37. The number of ether oxygens (including phenoxy) is 1. The van der Waals surface area contributed by atoms with Gasteiger partial charge in [-0.25, -0.2) is 0 Å². The Balaban J connectivity index is 1.66. The quantitative estimate of drug-likeness (QED) is 0.696. The standard InChI is InChI=1S/C22H29NO3/c1-14(24)26-13-22-10-8-19-18(20(22)6-4-16(22)12-23)5-3-15-11-17(25)7-9-21(15,19)2/h11,16,18-20H,3-10,13H2,1-2H3/t16?,18-,19+,20+,21+,22+/m1/s1. The van der Waals surface area contributed by atoms with Gasteiger partial charge in [-0.2, -0.15) is 5.26 Å². The molecule has 0 aromatic heterocycles. The molecule has 0 amide bonds. The zero-order chi connectivity index (χ0) is 18.5. The fraction of sp³-hybridized carbons (Fsp3) is 0.773. The number of fused-ring (bicyclic) bond motifs is 5. The van der Waals surface area contributed by atoms with E-state index in [2.05, 4.69) is 13.0 Å². The molecule has 4 heteroatoms. The maximum absolute atomic E-state index is 11.9. The lowest BCUT2D eigenvalue weighted by Crippen LogP contribution is -2.52. The van der Waals surface area contributed by atoms with Gasteiger partial charge < -0.3 is 4.74 Å². The summed E-state index contributed by atoms with van der Waals surface area (Å²) in [5, 5.41) is 9.76. The maximum atomic E-state index is 11.9. The number of hydrogen-bond acceptors (Lipinski definition) is 4. The summed E-state index contributed by atoms with van der Waals surface area (Å²) in [4.78, 5) is 23.4. The van der Waals surface area contributed by atoms with Crippen molar-refractivity contribution in [3.63, 3.8) is 0 Å². The Morgan fingerprint density at radius 3 is 2.77 bits per heavy atom. The summed E-state index contributed by atoms with van der Waals surface area (Å²) in [6.45, 7) is 4.25. The van der Waals surface area contributed by atoms with Gasteiger partial charge in [0.05, 0.1) is 18.6 Å². The van der Waals surface area contributed by atoms with Gasteiger partial charge in [0.2, 0.25) is 0 Å². The van der Waals surface area contributed by atoms with Crippen LogP contribution in [0.5, 0.6) is 0 Å². The van der Waals surface area contributed by atoms with E-state index in [1.165, 1.54) is 12.5 Å². The highest BCUT2D eigenvalue weighted by molar-refractivity contribution is 5.91. The average Bonchev–Trinajstić information content (AvgIpc) is 2.99. The Kier molecular flexibility index (Phi) is 4.25. The first kappa shape index (κ1) is 17.8. The molecule has 1 unspecified atom stereocenters. The predicted molar refractivity (Wildman–Crippen MR) is 96.8 cm³/mol. The molecule has 0 aliphatic heterocycles. The second-order valence-electron chi connectivity index (χ2n) is 9.28. The van der Waals surface area contributed by atoms with Gasteiger partial charge in [-0.05, 0) is 74.2 Å².